The molecule has 1 saturated heterocycles. The van der Waals surface area contributed by atoms with Crippen molar-refractivity contribution in [1.82, 2.24) is 14.8 Å². The van der Waals surface area contributed by atoms with Crippen molar-refractivity contribution < 1.29 is 23.9 Å². The predicted molar refractivity (Wildman–Crippen MR) is 139 cm³/mol. The number of nitrogens with two attached hydrogens (primary N) is 1. The molecule has 0 radical (unpaired) electrons. The van der Waals surface area contributed by atoms with Gasteiger partial charge in [0.05, 0.1) is 7.11 Å². The Hall–Kier alpha value is -3.49. The van der Waals surface area contributed by atoms with Gasteiger partial charge in [0.15, 0.2) is 0 Å². The van der Waals surface area contributed by atoms with E-state index in [1.807, 2.05) is 12.3 Å². The maximum atomic E-state index is 12.7. The SMILES string of the molecule is CCCC(CCCN1CCN(C(=O)OC(N)=O)CC1=O)(c1ccc[nH]1)C1CCc2ccc(OC)cc2C1. The van der Waals surface area contributed by atoms with Gasteiger partial charge >= 0.3 is 12.2 Å². The molecule has 4 rings (SSSR count). The first-order valence-electron chi connectivity index (χ1n) is 13.2. The molecule has 3 amide bonds. The highest BCUT2D eigenvalue weighted by Crippen LogP contribution is 2.46. The van der Waals surface area contributed by atoms with Crippen LogP contribution in [0.3, 0.4) is 0 Å². The second-order valence-electron chi connectivity index (χ2n) is 10.2. The molecule has 2 aliphatic rings. The summed E-state index contributed by atoms with van der Waals surface area (Å²) in [6, 6.07) is 10.7. The van der Waals surface area contributed by atoms with E-state index in [4.69, 9.17) is 10.5 Å². The van der Waals surface area contributed by atoms with E-state index in [0.717, 1.165) is 50.7 Å². The number of hydrogen-bond acceptors (Lipinski definition) is 5. The summed E-state index contributed by atoms with van der Waals surface area (Å²) < 4.78 is 9.92. The van der Waals surface area contributed by atoms with Crippen LogP contribution in [0.25, 0.3) is 0 Å². The molecule has 1 aliphatic carbocycles. The average Bonchev–Trinajstić information content (AvgIpc) is 3.43. The predicted octanol–water partition coefficient (Wildman–Crippen LogP) is 4.01. The lowest BCUT2D eigenvalue weighted by atomic mass is 9.61. The molecule has 9 heteroatoms. The fourth-order valence-corrected chi connectivity index (χ4v) is 6.28. The van der Waals surface area contributed by atoms with Crippen LogP contribution < -0.4 is 10.5 Å². The van der Waals surface area contributed by atoms with Crippen molar-refractivity contribution in [2.24, 2.45) is 11.7 Å². The first-order chi connectivity index (χ1) is 17.9. The van der Waals surface area contributed by atoms with Crippen molar-refractivity contribution >= 4 is 18.1 Å². The fraction of sp³-hybridized carbons (Fsp3) is 0.536. The van der Waals surface area contributed by atoms with Gasteiger partial charge in [0.1, 0.15) is 12.3 Å². The van der Waals surface area contributed by atoms with Gasteiger partial charge in [-0.1, -0.05) is 19.4 Å². The Morgan fingerprint density at radius 1 is 1.19 bits per heavy atom. The molecular formula is C28H38N4O5. The highest BCUT2D eigenvalue weighted by Gasteiger charge is 2.41. The maximum absolute atomic E-state index is 12.7. The number of amides is 3. The summed E-state index contributed by atoms with van der Waals surface area (Å²) >= 11 is 0. The largest absolute Gasteiger partial charge is 0.497 e. The van der Waals surface area contributed by atoms with Crippen molar-refractivity contribution in [2.45, 2.75) is 57.3 Å². The molecule has 0 saturated carbocycles. The molecule has 37 heavy (non-hydrogen) atoms. The molecule has 1 aromatic heterocycles. The first kappa shape index (κ1) is 26.6. The van der Waals surface area contributed by atoms with E-state index in [2.05, 4.69) is 40.9 Å². The maximum Gasteiger partial charge on any atom is 0.419 e. The van der Waals surface area contributed by atoms with Gasteiger partial charge in [-0.15, -0.1) is 0 Å². The minimum absolute atomic E-state index is 0.0187. The number of piperazine rings is 1. The fourth-order valence-electron chi connectivity index (χ4n) is 6.28. The van der Waals surface area contributed by atoms with Crippen molar-refractivity contribution in [3.63, 3.8) is 0 Å². The molecule has 2 heterocycles. The monoisotopic (exact) mass is 510 g/mol. The van der Waals surface area contributed by atoms with Gasteiger partial charge in [0.2, 0.25) is 5.91 Å². The molecule has 1 fully saturated rings. The first-order valence-corrected chi connectivity index (χ1v) is 13.2. The third-order valence-electron chi connectivity index (χ3n) is 8.07. The number of aryl methyl sites for hydroxylation is 1. The number of primary amides is 1. The lowest BCUT2D eigenvalue weighted by molar-refractivity contribution is -0.135. The third kappa shape index (κ3) is 5.92. The lowest BCUT2D eigenvalue weighted by Gasteiger charge is -2.44. The lowest BCUT2D eigenvalue weighted by Crippen LogP contribution is -2.53. The average molecular weight is 511 g/mol. The topological polar surface area (TPSA) is 118 Å². The minimum atomic E-state index is -1.17. The Morgan fingerprint density at radius 2 is 2.03 bits per heavy atom. The number of fused-ring (bicyclic) bond motifs is 1. The highest BCUT2D eigenvalue weighted by atomic mass is 16.6. The van der Waals surface area contributed by atoms with E-state index < -0.39 is 12.2 Å². The Bertz CT molecular complexity index is 1100. The van der Waals surface area contributed by atoms with E-state index in [9.17, 15) is 14.4 Å². The summed E-state index contributed by atoms with van der Waals surface area (Å²) in [6.45, 7) is 3.48. The summed E-state index contributed by atoms with van der Waals surface area (Å²) in [5, 5.41) is 0. The number of carbonyl (C=O) groups is 3. The Labute approximate surface area is 218 Å². The number of hydrogen-bond donors (Lipinski definition) is 2. The standard InChI is InChI=1S/C28H38N4O5/c1-3-11-28(24-6-4-13-30-24,22-9-7-20-8-10-23(36-2)18-21(20)17-22)12-5-14-31-15-16-32(19-25(31)33)27(35)37-26(29)34/h4,6,8,10,13,18,22,30H,3,5,7,9,11-12,14-17,19H2,1-2H3,(H2,29,34). The number of nitrogens with zero attached hydrogens (tertiary/aromatic N) is 2. The molecule has 3 N–H and O–H groups in total. The van der Waals surface area contributed by atoms with E-state index >= 15 is 0 Å². The molecule has 2 aromatic rings. The van der Waals surface area contributed by atoms with Gasteiger partial charge in [-0.3, -0.25) is 9.69 Å². The van der Waals surface area contributed by atoms with Crippen LogP contribution in [0.4, 0.5) is 9.59 Å². The van der Waals surface area contributed by atoms with Crippen LogP contribution in [0.5, 0.6) is 5.75 Å². The molecule has 9 nitrogen and oxygen atoms in total. The number of aromatic amines is 1. The summed E-state index contributed by atoms with van der Waals surface area (Å²) in [6.07, 6.45) is 7.11. The van der Waals surface area contributed by atoms with Gasteiger partial charge in [0, 0.05) is 36.9 Å². The number of ether oxygens (including phenoxy) is 2. The van der Waals surface area contributed by atoms with Gasteiger partial charge < -0.3 is 25.1 Å². The normalized spacial score (nSPS) is 19.2. The van der Waals surface area contributed by atoms with E-state index in [1.165, 1.54) is 21.7 Å². The number of methoxy groups -OCH3 is 1. The molecule has 2 atom stereocenters. The summed E-state index contributed by atoms with van der Waals surface area (Å²) in [5.41, 5.74) is 8.96. The molecule has 1 aliphatic heterocycles. The smallest absolute Gasteiger partial charge is 0.419 e. The van der Waals surface area contributed by atoms with Gasteiger partial charge in [-0.2, -0.15) is 0 Å². The third-order valence-corrected chi connectivity index (χ3v) is 8.07. The highest BCUT2D eigenvalue weighted by molar-refractivity contribution is 5.87. The Kier molecular flexibility index (Phi) is 8.41. The van der Waals surface area contributed by atoms with Crippen LogP contribution in [-0.4, -0.2) is 66.2 Å². The van der Waals surface area contributed by atoms with Crippen LogP contribution in [-0.2, 0) is 27.8 Å². The van der Waals surface area contributed by atoms with Crippen LogP contribution in [0.2, 0.25) is 0 Å². The van der Waals surface area contributed by atoms with Gasteiger partial charge in [-0.05, 0) is 79.8 Å². The number of aromatic nitrogens is 1. The molecule has 0 bridgehead atoms. The number of carbonyl (C=O) groups excluding carboxylic acids is 3. The van der Waals surface area contributed by atoms with Gasteiger partial charge in [-0.25, -0.2) is 9.59 Å². The number of H-pyrrole nitrogens is 1. The van der Waals surface area contributed by atoms with E-state index in [0.29, 0.717) is 25.6 Å². The molecule has 0 spiro atoms. The van der Waals surface area contributed by atoms with Gasteiger partial charge in [0.25, 0.3) is 0 Å². The molecule has 200 valence electrons. The molecule has 1 aromatic carbocycles. The number of rotatable bonds is 9. The van der Waals surface area contributed by atoms with Crippen LogP contribution in [0, 0.1) is 5.92 Å². The van der Waals surface area contributed by atoms with E-state index in [-0.39, 0.29) is 17.9 Å². The summed E-state index contributed by atoms with van der Waals surface area (Å²) in [5.74, 6) is 1.23. The summed E-state index contributed by atoms with van der Waals surface area (Å²) in [4.78, 5) is 42.1. The van der Waals surface area contributed by atoms with Crippen molar-refractivity contribution in [3.05, 3.63) is 53.3 Å². The van der Waals surface area contributed by atoms with Crippen LogP contribution in [0.1, 0.15) is 55.8 Å². The second kappa shape index (κ2) is 11.7. The Morgan fingerprint density at radius 3 is 2.70 bits per heavy atom. The van der Waals surface area contributed by atoms with Crippen LogP contribution >= 0.6 is 0 Å². The molecular weight excluding hydrogens is 472 g/mol. The zero-order valence-corrected chi connectivity index (χ0v) is 21.8. The van der Waals surface area contributed by atoms with Crippen molar-refractivity contribution in [1.29, 1.82) is 0 Å². The number of nitrogens with one attached hydrogen (secondary N) is 1. The van der Waals surface area contributed by atoms with Crippen molar-refractivity contribution in [2.75, 3.05) is 33.3 Å². The van der Waals surface area contributed by atoms with E-state index in [1.54, 1.807) is 12.0 Å². The second-order valence-corrected chi connectivity index (χ2v) is 10.2. The minimum Gasteiger partial charge on any atom is -0.497 e. The Balaban J connectivity index is 1.46. The summed E-state index contributed by atoms with van der Waals surface area (Å²) in [7, 11) is 1.71. The molecule has 2 unspecified atom stereocenters. The zero-order valence-electron chi connectivity index (χ0n) is 21.8. The van der Waals surface area contributed by atoms with Crippen LogP contribution in [0.15, 0.2) is 36.5 Å². The quantitative estimate of drug-likeness (QED) is 0.494. The van der Waals surface area contributed by atoms with Crippen molar-refractivity contribution in [3.8, 4) is 5.75 Å². The number of benzene rings is 1. The zero-order chi connectivity index (χ0) is 26.4.